The molecule has 57 heavy (non-hydrogen) atoms. The number of imide groups is 1. The van der Waals surface area contributed by atoms with Crippen molar-refractivity contribution >= 4 is 39.5 Å². The molecule has 2 aromatic heterocycles. The highest BCUT2D eigenvalue weighted by molar-refractivity contribution is 6.08. The van der Waals surface area contributed by atoms with Gasteiger partial charge in [0.2, 0.25) is 11.8 Å². The molecular formula is C45H45F3N6O3. The fourth-order valence-corrected chi connectivity index (χ4v) is 9.57. The molecule has 294 valence electrons. The maximum atomic E-state index is 16.4. The van der Waals surface area contributed by atoms with Gasteiger partial charge in [0.15, 0.2) is 0 Å². The normalized spacial score (nSPS) is 22.2. The molecule has 12 heteroatoms. The molecule has 0 aliphatic carbocycles. The van der Waals surface area contributed by atoms with E-state index in [1.165, 1.54) is 30.9 Å². The quantitative estimate of drug-likeness (QED) is 0.127. The standard InChI is InChI=1S/C45H45F3N6O3/c1-25-19-31-29-8-4-5-9-35(29)49-40(31)42(54(25)24-45(2,3)48)39-33(46)21-28(22-34(39)47)27-14-17-52(18-15-27)16-6-7-26-10-11-30-32-23-53(37-12-13-38(55)51-43(37)56)44(57)41(32)50-36(30)20-26/h4-5,8-11,20-22,25,27,37,42,49-50H,12-19,23-24H2,1-3H3,(H,51,55,56)/t25-,37?,42-/m1/s1. The van der Waals surface area contributed by atoms with E-state index in [1.807, 2.05) is 54.3 Å². The fraction of sp³-hybridized carbons (Fsp3) is 0.400. The van der Waals surface area contributed by atoms with Crippen molar-refractivity contribution in [2.45, 2.75) is 89.1 Å². The first kappa shape index (κ1) is 37.2. The van der Waals surface area contributed by atoms with E-state index in [0.717, 1.165) is 70.1 Å². The number of benzene rings is 3. The van der Waals surface area contributed by atoms with Crippen molar-refractivity contribution in [2.24, 2.45) is 0 Å². The van der Waals surface area contributed by atoms with Gasteiger partial charge in [-0.2, -0.15) is 0 Å². The Labute approximate surface area is 329 Å². The second-order valence-electron chi connectivity index (χ2n) is 16.8. The molecule has 5 aromatic rings. The number of hydrogen-bond acceptors (Lipinski definition) is 5. The molecule has 3 atom stereocenters. The van der Waals surface area contributed by atoms with Crippen molar-refractivity contribution in [3.63, 3.8) is 0 Å². The lowest BCUT2D eigenvalue weighted by molar-refractivity contribution is -0.136. The number of nitrogens with zero attached hydrogens (tertiary/aromatic N) is 3. The molecule has 0 bridgehead atoms. The van der Waals surface area contributed by atoms with Gasteiger partial charge in [-0.3, -0.25) is 29.5 Å². The van der Waals surface area contributed by atoms with E-state index in [4.69, 9.17) is 0 Å². The van der Waals surface area contributed by atoms with Crippen LogP contribution in [-0.2, 0) is 22.6 Å². The van der Waals surface area contributed by atoms with Gasteiger partial charge in [-0.15, -0.1) is 0 Å². The summed E-state index contributed by atoms with van der Waals surface area (Å²) in [5.74, 6) is 4.29. The highest BCUT2D eigenvalue weighted by atomic mass is 19.1. The summed E-state index contributed by atoms with van der Waals surface area (Å²) in [6.45, 7) is 7.35. The molecule has 4 aliphatic rings. The number of piperidine rings is 2. The molecule has 3 N–H and O–H groups in total. The molecule has 6 heterocycles. The van der Waals surface area contributed by atoms with Crippen LogP contribution in [-0.4, -0.2) is 86.3 Å². The molecule has 2 fully saturated rings. The molecular weight excluding hydrogens is 730 g/mol. The van der Waals surface area contributed by atoms with Crippen molar-refractivity contribution < 1.29 is 27.6 Å². The Kier molecular flexibility index (Phi) is 9.28. The van der Waals surface area contributed by atoms with E-state index >= 15 is 13.2 Å². The van der Waals surface area contributed by atoms with Crippen LogP contribution in [0.4, 0.5) is 13.2 Å². The Balaban J connectivity index is 0.867. The maximum absolute atomic E-state index is 16.4. The average Bonchev–Trinajstić information content (AvgIpc) is 3.82. The maximum Gasteiger partial charge on any atom is 0.271 e. The predicted octanol–water partition coefficient (Wildman–Crippen LogP) is 7.00. The van der Waals surface area contributed by atoms with E-state index < -0.39 is 35.3 Å². The number of H-pyrrole nitrogens is 2. The number of carbonyl (C=O) groups is 3. The summed E-state index contributed by atoms with van der Waals surface area (Å²) in [4.78, 5) is 49.6. The van der Waals surface area contributed by atoms with Crippen LogP contribution in [0.1, 0.15) is 102 Å². The van der Waals surface area contributed by atoms with Crippen LogP contribution in [0.2, 0.25) is 0 Å². The first-order valence-electron chi connectivity index (χ1n) is 19.9. The summed E-state index contributed by atoms with van der Waals surface area (Å²) in [7, 11) is 0. The number of aromatic nitrogens is 2. The Morgan fingerprint density at radius 1 is 0.895 bits per heavy atom. The number of amides is 3. The minimum Gasteiger partial charge on any atom is -0.357 e. The average molecular weight is 775 g/mol. The molecule has 0 spiro atoms. The lowest BCUT2D eigenvalue weighted by atomic mass is 9.84. The van der Waals surface area contributed by atoms with Crippen LogP contribution in [0, 0.1) is 23.5 Å². The zero-order valence-corrected chi connectivity index (χ0v) is 32.3. The molecule has 3 aromatic carbocycles. The number of aromatic amines is 2. The van der Waals surface area contributed by atoms with Gasteiger partial charge >= 0.3 is 0 Å². The van der Waals surface area contributed by atoms with E-state index in [9.17, 15) is 14.4 Å². The Hall–Kier alpha value is -5.38. The number of hydrogen-bond donors (Lipinski definition) is 3. The monoisotopic (exact) mass is 774 g/mol. The van der Waals surface area contributed by atoms with Crippen LogP contribution in [0.3, 0.4) is 0 Å². The summed E-state index contributed by atoms with van der Waals surface area (Å²) in [5.41, 5.74) is 4.59. The topological polar surface area (TPSA) is 105 Å². The van der Waals surface area contributed by atoms with Gasteiger partial charge in [-0.1, -0.05) is 36.1 Å². The van der Waals surface area contributed by atoms with Crippen molar-refractivity contribution in [2.75, 3.05) is 26.2 Å². The van der Waals surface area contributed by atoms with Gasteiger partial charge in [-0.05, 0) is 107 Å². The zero-order valence-electron chi connectivity index (χ0n) is 32.3. The van der Waals surface area contributed by atoms with Crippen LogP contribution >= 0.6 is 0 Å². The van der Waals surface area contributed by atoms with Gasteiger partial charge in [0.25, 0.3) is 5.91 Å². The second-order valence-corrected chi connectivity index (χ2v) is 16.8. The molecule has 2 saturated heterocycles. The SMILES string of the molecule is C[C@@H]1Cc2c([nH]c3ccccc23)[C@@H](c2c(F)cc(C3CCN(CC#Cc4ccc5c6c([nH]c5c4)C(=O)N(C4CCC(=O)NC4=O)C6)CC3)cc2F)N1CC(C)(C)F. The molecule has 0 radical (unpaired) electrons. The van der Waals surface area contributed by atoms with E-state index in [0.29, 0.717) is 37.2 Å². The molecule has 0 saturated carbocycles. The lowest BCUT2D eigenvalue weighted by Gasteiger charge is -2.43. The minimum absolute atomic E-state index is 0.00656. The number of fused-ring (bicyclic) bond motifs is 6. The first-order chi connectivity index (χ1) is 27.3. The largest absolute Gasteiger partial charge is 0.357 e. The summed E-state index contributed by atoms with van der Waals surface area (Å²) in [5, 5.41) is 4.26. The number of para-hydroxylation sites is 1. The lowest BCUT2D eigenvalue weighted by Crippen LogP contribution is -2.52. The smallest absolute Gasteiger partial charge is 0.271 e. The van der Waals surface area contributed by atoms with Crippen molar-refractivity contribution in [1.29, 1.82) is 0 Å². The summed E-state index contributed by atoms with van der Waals surface area (Å²) in [6.07, 6.45) is 2.64. The van der Waals surface area contributed by atoms with E-state index in [2.05, 4.69) is 32.0 Å². The number of nitrogens with one attached hydrogen (secondary N) is 3. The van der Waals surface area contributed by atoms with Crippen LogP contribution < -0.4 is 5.32 Å². The summed E-state index contributed by atoms with van der Waals surface area (Å²) >= 11 is 0. The molecule has 4 aliphatic heterocycles. The summed E-state index contributed by atoms with van der Waals surface area (Å²) < 4.78 is 48.0. The fourth-order valence-electron chi connectivity index (χ4n) is 9.57. The van der Waals surface area contributed by atoms with Crippen LogP contribution in [0.5, 0.6) is 0 Å². The number of rotatable bonds is 6. The predicted molar refractivity (Wildman–Crippen MR) is 211 cm³/mol. The molecule has 9 rings (SSSR count). The van der Waals surface area contributed by atoms with Crippen LogP contribution in [0.25, 0.3) is 21.8 Å². The third-order valence-electron chi connectivity index (χ3n) is 12.3. The number of alkyl halides is 1. The zero-order chi connectivity index (χ0) is 39.7. The number of halogens is 3. The van der Waals surface area contributed by atoms with Gasteiger partial charge in [0.05, 0.1) is 12.6 Å². The second kappa shape index (κ2) is 14.2. The Morgan fingerprint density at radius 3 is 2.37 bits per heavy atom. The molecule has 9 nitrogen and oxygen atoms in total. The van der Waals surface area contributed by atoms with E-state index in [1.54, 1.807) is 0 Å². The van der Waals surface area contributed by atoms with E-state index in [-0.39, 0.29) is 42.3 Å². The van der Waals surface area contributed by atoms with Gasteiger partial charge in [0, 0.05) is 69.7 Å². The Bertz CT molecular complexity index is 2490. The van der Waals surface area contributed by atoms with Gasteiger partial charge < -0.3 is 14.9 Å². The summed E-state index contributed by atoms with van der Waals surface area (Å²) in [6, 6.07) is 15.1. The number of likely N-dealkylation sites (tertiary alicyclic amines) is 1. The van der Waals surface area contributed by atoms with Crippen LogP contribution in [0.15, 0.2) is 54.6 Å². The highest BCUT2D eigenvalue weighted by Gasteiger charge is 2.42. The molecule has 1 unspecified atom stereocenters. The molecule has 3 amide bonds. The van der Waals surface area contributed by atoms with Gasteiger partial charge in [0.1, 0.15) is 29.0 Å². The van der Waals surface area contributed by atoms with Crippen molar-refractivity contribution in [1.82, 2.24) is 30.0 Å². The minimum atomic E-state index is -1.57. The first-order valence-corrected chi connectivity index (χ1v) is 19.9. The van der Waals surface area contributed by atoms with Crippen molar-refractivity contribution in [3.05, 3.63) is 105 Å². The third-order valence-corrected chi connectivity index (χ3v) is 12.3. The Morgan fingerprint density at radius 2 is 1.63 bits per heavy atom. The van der Waals surface area contributed by atoms with Crippen molar-refractivity contribution in [3.8, 4) is 11.8 Å². The highest BCUT2D eigenvalue weighted by Crippen LogP contribution is 2.44. The van der Waals surface area contributed by atoms with Gasteiger partial charge in [-0.25, -0.2) is 13.2 Å². The third kappa shape index (κ3) is 6.80. The number of carbonyl (C=O) groups excluding carboxylic acids is 3.